The highest BCUT2D eigenvalue weighted by molar-refractivity contribution is 9.10. The van der Waals surface area contributed by atoms with E-state index in [-0.39, 0.29) is 12.1 Å². The SMILES string of the molecule is O=C(c1ccc(F)cc1F)N(Cc1ccccc1)c1nc2ccc(Br)cc2s1. The molecule has 7 heteroatoms. The van der Waals surface area contributed by atoms with Crippen molar-refractivity contribution in [2.45, 2.75) is 6.54 Å². The number of anilines is 1. The van der Waals surface area contributed by atoms with Crippen molar-refractivity contribution in [2.24, 2.45) is 0 Å². The van der Waals surface area contributed by atoms with Gasteiger partial charge in [0, 0.05) is 10.5 Å². The fourth-order valence-electron chi connectivity index (χ4n) is 2.80. The number of aromatic nitrogens is 1. The zero-order chi connectivity index (χ0) is 19.7. The summed E-state index contributed by atoms with van der Waals surface area (Å²) in [6, 6.07) is 18.0. The molecule has 1 amide bonds. The Balaban J connectivity index is 1.79. The molecular formula is C21H13BrF2N2OS. The van der Waals surface area contributed by atoms with Gasteiger partial charge in [0.1, 0.15) is 11.6 Å². The third-order valence-electron chi connectivity index (χ3n) is 4.16. The van der Waals surface area contributed by atoms with Crippen LogP contribution >= 0.6 is 27.3 Å². The summed E-state index contributed by atoms with van der Waals surface area (Å²) in [7, 11) is 0. The van der Waals surface area contributed by atoms with E-state index in [4.69, 9.17) is 0 Å². The van der Waals surface area contributed by atoms with Crippen molar-refractivity contribution >= 4 is 48.5 Å². The summed E-state index contributed by atoms with van der Waals surface area (Å²) < 4.78 is 29.3. The maximum atomic E-state index is 14.3. The highest BCUT2D eigenvalue weighted by Crippen LogP contribution is 2.32. The molecule has 0 saturated heterocycles. The van der Waals surface area contributed by atoms with Gasteiger partial charge in [0.05, 0.1) is 22.3 Å². The lowest BCUT2D eigenvalue weighted by atomic mass is 10.1. The van der Waals surface area contributed by atoms with Crippen molar-refractivity contribution < 1.29 is 13.6 Å². The van der Waals surface area contributed by atoms with E-state index in [9.17, 15) is 13.6 Å². The summed E-state index contributed by atoms with van der Waals surface area (Å²) in [6.07, 6.45) is 0. The molecule has 3 aromatic carbocycles. The molecule has 1 aromatic heterocycles. The Bertz CT molecular complexity index is 1160. The summed E-state index contributed by atoms with van der Waals surface area (Å²) in [4.78, 5) is 19.1. The standard InChI is InChI=1S/C21H13BrF2N2OS/c22-14-6-9-18-19(10-14)28-21(25-18)26(12-13-4-2-1-3-5-13)20(27)16-8-7-15(23)11-17(16)24/h1-11H,12H2. The molecule has 0 saturated carbocycles. The fourth-order valence-corrected chi connectivity index (χ4v) is 4.32. The van der Waals surface area contributed by atoms with E-state index in [0.717, 1.165) is 32.4 Å². The Morgan fingerprint density at radius 2 is 1.82 bits per heavy atom. The van der Waals surface area contributed by atoms with Gasteiger partial charge in [-0.1, -0.05) is 57.6 Å². The minimum atomic E-state index is -0.896. The lowest BCUT2D eigenvalue weighted by molar-refractivity contribution is 0.0981. The van der Waals surface area contributed by atoms with Crippen LogP contribution in [0, 0.1) is 11.6 Å². The van der Waals surface area contributed by atoms with Gasteiger partial charge in [0.2, 0.25) is 0 Å². The molecule has 3 nitrogen and oxygen atoms in total. The topological polar surface area (TPSA) is 33.2 Å². The summed E-state index contributed by atoms with van der Waals surface area (Å²) >= 11 is 4.77. The number of carbonyl (C=O) groups is 1. The minimum Gasteiger partial charge on any atom is -0.279 e. The molecular weight excluding hydrogens is 446 g/mol. The van der Waals surface area contributed by atoms with Gasteiger partial charge >= 0.3 is 0 Å². The van der Waals surface area contributed by atoms with E-state index in [2.05, 4.69) is 20.9 Å². The van der Waals surface area contributed by atoms with Crippen LogP contribution in [0.2, 0.25) is 0 Å². The number of carbonyl (C=O) groups excluding carboxylic acids is 1. The number of hydrogen-bond acceptors (Lipinski definition) is 3. The van der Waals surface area contributed by atoms with E-state index >= 15 is 0 Å². The largest absolute Gasteiger partial charge is 0.279 e. The second-order valence-corrected chi connectivity index (χ2v) is 8.03. The average molecular weight is 459 g/mol. The summed E-state index contributed by atoms with van der Waals surface area (Å²) in [5.41, 5.74) is 1.42. The zero-order valence-electron chi connectivity index (χ0n) is 14.4. The second kappa shape index (κ2) is 7.77. The van der Waals surface area contributed by atoms with Gasteiger partial charge in [0.25, 0.3) is 5.91 Å². The normalized spacial score (nSPS) is 11.0. The van der Waals surface area contributed by atoms with Crippen molar-refractivity contribution in [3.05, 3.63) is 94.0 Å². The Kier molecular flexibility index (Phi) is 5.19. The van der Waals surface area contributed by atoms with Crippen LogP contribution in [0.3, 0.4) is 0 Å². The molecule has 0 aliphatic carbocycles. The van der Waals surface area contributed by atoms with Crippen molar-refractivity contribution in [1.82, 2.24) is 4.98 Å². The molecule has 0 radical (unpaired) electrons. The predicted octanol–water partition coefficient (Wildman–Crippen LogP) is 6.18. The molecule has 1 heterocycles. The molecule has 28 heavy (non-hydrogen) atoms. The van der Waals surface area contributed by atoms with Crippen molar-refractivity contribution in [3.63, 3.8) is 0 Å². The quantitative estimate of drug-likeness (QED) is 0.365. The molecule has 0 aliphatic heterocycles. The lowest BCUT2D eigenvalue weighted by Gasteiger charge is -2.20. The van der Waals surface area contributed by atoms with E-state index in [1.54, 1.807) is 0 Å². The Morgan fingerprint density at radius 1 is 1.04 bits per heavy atom. The lowest BCUT2D eigenvalue weighted by Crippen LogP contribution is -2.31. The summed E-state index contributed by atoms with van der Waals surface area (Å²) in [6.45, 7) is 0.220. The molecule has 0 fully saturated rings. The highest BCUT2D eigenvalue weighted by atomic mass is 79.9. The number of thiazole rings is 1. The Morgan fingerprint density at radius 3 is 2.57 bits per heavy atom. The van der Waals surface area contributed by atoms with Gasteiger partial charge in [-0.2, -0.15) is 0 Å². The first-order chi connectivity index (χ1) is 13.5. The molecule has 0 atom stereocenters. The smallest absolute Gasteiger partial charge is 0.263 e. The van der Waals surface area contributed by atoms with Gasteiger partial charge < -0.3 is 0 Å². The molecule has 0 N–H and O–H groups in total. The third-order valence-corrected chi connectivity index (χ3v) is 5.69. The maximum absolute atomic E-state index is 14.3. The van der Waals surface area contributed by atoms with Gasteiger partial charge in [0.15, 0.2) is 5.13 Å². The molecule has 4 aromatic rings. The number of fused-ring (bicyclic) bond motifs is 1. The average Bonchev–Trinajstić information content (AvgIpc) is 3.09. The van der Waals surface area contributed by atoms with Crippen LogP contribution in [0.4, 0.5) is 13.9 Å². The summed E-state index contributed by atoms with van der Waals surface area (Å²) in [5.74, 6) is -2.19. The number of nitrogens with zero attached hydrogens (tertiary/aromatic N) is 2. The number of hydrogen-bond donors (Lipinski definition) is 0. The van der Waals surface area contributed by atoms with Crippen LogP contribution in [-0.4, -0.2) is 10.9 Å². The Labute approximate surface area is 172 Å². The number of halogens is 3. The van der Waals surface area contributed by atoms with Gasteiger partial charge in [-0.15, -0.1) is 0 Å². The molecule has 140 valence electrons. The minimum absolute atomic E-state index is 0.197. The van der Waals surface area contributed by atoms with Crippen LogP contribution in [0.15, 0.2) is 71.2 Å². The van der Waals surface area contributed by atoms with E-state index < -0.39 is 17.5 Å². The first-order valence-electron chi connectivity index (χ1n) is 8.38. The third kappa shape index (κ3) is 3.81. The zero-order valence-corrected chi connectivity index (χ0v) is 16.8. The Hall–Kier alpha value is -2.64. The van der Waals surface area contributed by atoms with E-state index in [1.165, 1.54) is 16.2 Å². The van der Waals surface area contributed by atoms with Crippen LogP contribution in [0.5, 0.6) is 0 Å². The fraction of sp³-hybridized carbons (Fsp3) is 0.0476. The molecule has 0 aliphatic rings. The second-order valence-electron chi connectivity index (χ2n) is 6.11. The van der Waals surface area contributed by atoms with E-state index in [0.29, 0.717) is 11.2 Å². The maximum Gasteiger partial charge on any atom is 0.263 e. The molecule has 0 unspecified atom stereocenters. The van der Waals surface area contributed by atoms with Crippen LogP contribution in [0.25, 0.3) is 10.2 Å². The summed E-state index contributed by atoms with van der Waals surface area (Å²) in [5, 5.41) is 0.450. The number of benzene rings is 3. The molecule has 0 spiro atoms. The number of rotatable bonds is 4. The number of amides is 1. The first kappa shape index (κ1) is 18.7. The van der Waals surface area contributed by atoms with Gasteiger partial charge in [-0.3, -0.25) is 9.69 Å². The van der Waals surface area contributed by atoms with Crippen LogP contribution in [-0.2, 0) is 6.54 Å². The highest BCUT2D eigenvalue weighted by Gasteiger charge is 2.24. The van der Waals surface area contributed by atoms with Crippen molar-refractivity contribution in [1.29, 1.82) is 0 Å². The van der Waals surface area contributed by atoms with Crippen LogP contribution in [0.1, 0.15) is 15.9 Å². The monoisotopic (exact) mass is 458 g/mol. The van der Waals surface area contributed by atoms with Crippen molar-refractivity contribution in [3.8, 4) is 0 Å². The van der Waals surface area contributed by atoms with Crippen LogP contribution < -0.4 is 4.90 Å². The first-order valence-corrected chi connectivity index (χ1v) is 9.99. The van der Waals surface area contributed by atoms with E-state index in [1.807, 2.05) is 48.5 Å². The predicted molar refractivity (Wildman–Crippen MR) is 111 cm³/mol. The van der Waals surface area contributed by atoms with Gasteiger partial charge in [-0.25, -0.2) is 13.8 Å². The van der Waals surface area contributed by atoms with Crippen molar-refractivity contribution in [2.75, 3.05) is 4.90 Å². The molecule has 4 rings (SSSR count). The molecule has 0 bridgehead atoms. The van der Waals surface area contributed by atoms with Gasteiger partial charge in [-0.05, 0) is 35.9 Å².